The minimum atomic E-state index is -3.80. The van der Waals surface area contributed by atoms with Crippen LogP contribution in [0.3, 0.4) is 0 Å². The normalized spacial score (nSPS) is 17.8. The van der Waals surface area contributed by atoms with E-state index in [9.17, 15) is 16.8 Å². The maximum atomic E-state index is 13.0. The third-order valence-electron chi connectivity index (χ3n) is 5.40. The molecule has 4 rings (SSSR count). The van der Waals surface area contributed by atoms with E-state index in [-0.39, 0.29) is 22.6 Å². The van der Waals surface area contributed by atoms with Crippen molar-refractivity contribution in [1.29, 1.82) is 0 Å². The molecule has 0 amide bonds. The molecule has 10 heteroatoms. The average Bonchev–Trinajstić information content (AvgIpc) is 3.07. The lowest BCUT2D eigenvalue weighted by molar-refractivity contribution is 0.341. The first-order valence-electron chi connectivity index (χ1n) is 9.26. The Morgan fingerprint density at radius 3 is 2.52 bits per heavy atom. The number of nitrogens with one attached hydrogen (secondary N) is 1. The molecular weight excluding hydrogens is 412 g/mol. The third kappa shape index (κ3) is 3.79. The van der Waals surface area contributed by atoms with Crippen molar-refractivity contribution in [1.82, 2.24) is 19.3 Å². The Kier molecular flexibility index (Phi) is 4.96. The molecule has 1 N–H and O–H groups in total. The first kappa shape index (κ1) is 20.0. The van der Waals surface area contributed by atoms with Gasteiger partial charge in [0, 0.05) is 42.1 Å². The smallest absolute Gasteiger partial charge is 0.260 e. The second-order valence-electron chi connectivity index (χ2n) is 7.36. The lowest BCUT2D eigenvalue weighted by atomic mass is 10.1. The lowest BCUT2D eigenvalue weighted by Gasteiger charge is -2.30. The van der Waals surface area contributed by atoms with Gasteiger partial charge in [0.15, 0.2) is 5.03 Å². The molecule has 4 heterocycles. The summed E-state index contributed by atoms with van der Waals surface area (Å²) in [5.74, 6) is 0.0238. The number of rotatable bonds is 4. The molecule has 1 fully saturated rings. The highest BCUT2D eigenvalue weighted by Crippen LogP contribution is 2.29. The molecule has 1 saturated heterocycles. The van der Waals surface area contributed by atoms with E-state index >= 15 is 0 Å². The van der Waals surface area contributed by atoms with Gasteiger partial charge in [0.25, 0.3) is 10.0 Å². The number of sulfonamides is 1. The van der Waals surface area contributed by atoms with Crippen LogP contribution in [0.25, 0.3) is 22.2 Å². The van der Waals surface area contributed by atoms with Crippen LogP contribution in [0.1, 0.15) is 18.5 Å². The number of H-pyrrole nitrogens is 1. The van der Waals surface area contributed by atoms with Gasteiger partial charge in [-0.15, -0.1) is 0 Å². The molecule has 8 nitrogen and oxygen atoms in total. The first-order valence-corrected chi connectivity index (χ1v) is 12.5. The summed E-state index contributed by atoms with van der Waals surface area (Å²) in [7, 11) is -5.37. The molecular formula is C19H22N4O4S2. The van der Waals surface area contributed by atoms with E-state index in [1.54, 1.807) is 18.5 Å². The van der Waals surface area contributed by atoms with Crippen molar-refractivity contribution in [3.8, 4) is 11.1 Å². The SMILES string of the molecule is Cc1cc2c(-c3ccc(S(=O)(=O)N(C)C4CCS(=O)(=O)CC4)nc3)ccnc2[nH]1. The number of aryl methyl sites for hydroxylation is 1. The van der Waals surface area contributed by atoms with Gasteiger partial charge in [0.05, 0.1) is 11.5 Å². The molecule has 1 aliphatic rings. The summed E-state index contributed by atoms with van der Waals surface area (Å²) in [6.07, 6.45) is 3.85. The number of aromatic nitrogens is 3. The summed E-state index contributed by atoms with van der Waals surface area (Å²) >= 11 is 0. The molecule has 29 heavy (non-hydrogen) atoms. The van der Waals surface area contributed by atoms with Crippen LogP contribution in [0, 0.1) is 6.92 Å². The Morgan fingerprint density at radius 1 is 1.14 bits per heavy atom. The van der Waals surface area contributed by atoms with Gasteiger partial charge in [-0.25, -0.2) is 26.8 Å². The molecule has 0 spiro atoms. The fourth-order valence-electron chi connectivity index (χ4n) is 3.69. The van der Waals surface area contributed by atoms with Crippen molar-refractivity contribution in [3.05, 3.63) is 42.4 Å². The van der Waals surface area contributed by atoms with Gasteiger partial charge in [-0.05, 0) is 49.6 Å². The van der Waals surface area contributed by atoms with E-state index in [1.807, 2.05) is 19.1 Å². The number of aromatic amines is 1. The standard InChI is InChI=1S/C19H22N4O4S2/c1-13-11-17-16(5-8-20-19(17)22-13)14-3-4-18(21-12-14)29(26,27)23(2)15-6-9-28(24,25)10-7-15/h3-5,8,11-12,15H,6-7,9-10H2,1-2H3,(H,20,22). The summed E-state index contributed by atoms with van der Waals surface area (Å²) in [6, 6.07) is 6.75. The van der Waals surface area contributed by atoms with Gasteiger partial charge in [0.1, 0.15) is 15.5 Å². The number of fused-ring (bicyclic) bond motifs is 1. The number of nitrogens with zero attached hydrogens (tertiary/aromatic N) is 3. The molecule has 0 radical (unpaired) electrons. The van der Waals surface area contributed by atoms with E-state index in [2.05, 4.69) is 15.0 Å². The van der Waals surface area contributed by atoms with Crippen molar-refractivity contribution >= 4 is 30.9 Å². The van der Waals surface area contributed by atoms with Crippen LogP contribution < -0.4 is 0 Å². The summed E-state index contributed by atoms with van der Waals surface area (Å²) in [4.78, 5) is 11.7. The molecule has 154 valence electrons. The molecule has 0 atom stereocenters. The molecule has 1 aliphatic heterocycles. The van der Waals surface area contributed by atoms with Crippen LogP contribution in [0.5, 0.6) is 0 Å². The van der Waals surface area contributed by atoms with E-state index in [0.717, 1.165) is 27.9 Å². The number of sulfone groups is 1. The van der Waals surface area contributed by atoms with Crippen LogP contribution in [-0.2, 0) is 19.9 Å². The highest BCUT2D eigenvalue weighted by atomic mass is 32.2. The predicted molar refractivity (Wildman–Crippen MR) is 111 cm³/mol. The largest absolute Gasteiger partial charge is 0.344 e. The lowest BCUT2D eigenvalue weighted by Crippen LogP contribution is -2.42. The molecule has 0 unspecified atom stereocenters. The minimum Gasteiger partial charge on any atom is -0.344 e. The van der Waals surface area contributed by atoms with Crippen LogP contribution in [0.15, 0.2) is 41.7 Å². The summed E-state index contributed by atoms with van der Waals surface area (Å²) in [5, 5.41) is 0.899. The Hall–Kier alpha value is -2.30. The third-order valence-corrected chi connectivity index (χ3v) is 8.94. The first-order chi connectivity index (χ1) is 13.7. The number of hydrogen-bond acceptors (Lipinski definition) is 6. The van der Waals surface area contributed by atoms with Crippen molar-refractivity contribution in [2.24, 2.45) is 0 Å². The van der Waals surface area contributed by atoms with E-state index in [0.29, 0.717) is 12.8 Å². The topological polar surface area (TPSA) is 113 Å². The Labute approximate surface area is 170 Å². The van der Waals surface area contributed by atoms with Crippen LogP contribution in [0.2, 0.25) is 0 Å². The highest BCUT2D eigenvalue weighted by molar-refractivity contribution is 7.91. The van der Waals surface area contributed by atoms with Crippen molar-refractivity contribution in [2.75, 3.05) is 18.6 Å². The van der Waals surface area contributed by atoms with Crippen LogP contribution in [-0.4, -0.2) is 60.7 Å². The minimum absolute atomic E-state index is 0.0119. The zero-order valence-electron chi connectivity index (χ0n) is 16.2. The molecule has 3 aromatic rings. The van der Waals surface area contributed by atoms with Gasteiger partial charge < -0.3 is 4.98 Å². The molecule has 0 bridgehead atoms. The summed E-state index contributed by atoms with van der Waals surface area (Å²) in [6.45, 7) is 1.95. The van der Waals surface area contributed by atoms with E-state index in [4.69, 9.17) is 0 Å². The Bertz CT molecular complexity index is 1250. The predicted octanol–water partition coefficient (Wildman–Crippen LogP) is 2.13. The summed E-state index contributed by atoms with van der Waals surface area (Å²) < 4.78 is 50.4. The maximum absolute atomic E-state index is 13.0. The fourth-order valence-corrected chi connectivity index (χ4v) is 6.48. The Balaban J connectivity index is 1.61. The second kappa shape index (κ2) is 7.19. The van der Waals surface area contributed by atoms with Gasteiger partial charge in [-0.1, -0.05) is 0 Å². The quantitative estimate of drug-likeness (QED) is 0.673. The molecule has 3 aromatic heterocycles. The van der Waals surface area contributed by atoms with Gasteiger partial charge in [-0.2, -0.15) is 4.31 Å². The van der Waals surface area contributed by atoms with Gasteiger partial charge in [0.2, 0.25) is 0 Å². The Morgan fingerprint density at radius 2 is 1.86 bits per heavy atom. The molecule has 0 saturated carbocycles. The van der Waals surface area contributed by atoms with E-state index in [1.165, 1.54) is 17.4 Å². The van der Waals surface area contributed by atoms with Crippen LogP contribution in [0.4, 0.5) is 0 Å². The zero-order chi connectivity index (χ0) is 20.8. The average molecular weight is 435 g/mol. The van der Waals surface area contributed by atoms with Crippen molar-refractivity contribution in [2.45, 2.75) is 30.8 Å². The van der Waals surface area contributed by atoms with E-state index < -0.39 is 19.9 Å². The van der Waals surface area contributed by atoms with Crippen molar-refractivity contribution < 1.29 is 16.8 Å². The highest BCUT2D eigenvalue weighted by Gasteiger charge is 2.33. The van der Waals surface area contributed by atoms with Crippen molar-refractivity contribution in [3.63, 3.8) is 0 Å². The number of hydrogen-bond donors (Lipinski definition) is 1. The van der Waals surface area contributed by atoms with Crippen LogP contribution >= 0.6 is 0 Å². The second-order valence-corrected chi connectivity index (χ2v) is 11.6. The molecule has 0 aliphatic carbocycles. The molecule has 0 aromatic carbocycles. The summed E-state index contributed by atoms with van der Waals surface area (Å²) in [5.41, 5.74) is 3.47. The monoisotopic (exact) mass is 434 g/mol. The maximum Gasteiger partial charge on any atom is 0.260 e. The van der Waals surface area contributed by atoms with Gasteiger partial charge >= 0.3 is 0 Å². The number of pyridine rings is 2. The van der Waals surface area contributed by atoms with Gasteiger partial charge in [-0.3, -0.25) is 0 Å². The zero-order valence-corrected chi connectivity index (χ0v) is 17.8. The fraction of sp³-hybridized carbons (Fsp3) is 0.368.